The normalized spacial score (nSPS) is 11.9. The maximum atomic E-state index is 11.1. The summed E-state index contributed by atoms with van der Waals surface area (Å²) in [4.78, 5) is 22.4. The molecule has 0 spiro atoms. The molecule has 0 bridgehead atoms. The minimum absolute atomic E-state index is 0.0513. The number of hydrogen-bond donors (Lipinski definition) is 3. The summed E-state index contributed by atoms with van der Waals surface area (Å²) in [7, 11) is 0. The zero-order chi connectivity index (χ0) is 25.5. The maximum Gasteiger partial charge on any atom is 0.258 e. The topological polar surface area (TPSA) is 134 Å². The molecule has 0 fully saturated rings. The molecule has 3 N–H and O–H groups in total. The van der Waals surface area contributed by atoms with Crippen LogP contribution in [-0.2, 0) is 4.79 Å². The number of nitrogens with zero attached hydrogens (tertiary/aromatic N) is 4. The monoisotopic (exact) mass is 503 g/mol. The van der Waals surface area contributed by atoms with Crippen molar-refractivity contribution < 1.29 is 24.3 Å². The molecule has 0 aliphatic heterocycles. The third kappa shape index (κ3) is 6.68. The first-order valence-corrected chi connectivity index (χ1v) is 11.7. The molecule has 3 rings (SSSR count). The van der Waals surface area contributed by atoms with Crippen LogP contribution in [0.2, 0.25) is 5.02 Å². The number of aliphatic hydroxyl groups is 2. The van der Waals surface area contributed by atoms with Crippen LogP contribution in [0.5, 0.6) is 5.75 Å². The molecule has 3 aromatic rings. The average molecular weight is 504 g/mol. The highest BCUT2D eigenvalue weighted by Crippen LogP contribution is 2.34. The van der Waals surface area contributed by atoms with Gasteiger partial charge in [0.05, 0.1) is 5.02 Å². The van der Waals surface area contributed by atoms with Gasteiger partial charge in [0, 0.05) is 36.5 Å². The van der Waals surface area contributed by atoms with Crippen LogP contribution in [0.1, 0.15) is 25.1 Å². The molecule has 0 saturated heterocycles. The van der Waals surface area contributed by atoms with Gasteiger partial charge in [0.2, 0.25) is 11.7 Å². The molecule has 0 saturated carbocycles. The number of rotatable bonds is 11. The number of hydrogen-bond acceptors (Lipinski definition) is 9. The summed E-state index contributed by atoms with van der Waals surface area (Å²) in [6.45, 7) is 8.78. The second kappa shape index (κ2) is 12.0. The molecule has 1 amide bonds. The molecule has 10 nitrogen and oxygen atoms in total. The summed E-state index contributed by atoms with van der Waals surface area (Å²) in [5, 5.41) is 25.5. The number of benzene rings is 1. The van der Waals surface area contributed by atoms with Crippen molar-refractivity contribution in [3.05, 3.63) is 40.5 Å². The lowest BCUT2D eigenvalue weighted by molar-refractivity contribution is -0.124. The van der Waals surface area contributed by atoms with E-state index >= 15 is 0 Å². The molecule has 2 aromatic heterocycles. The van der Waals surface area contributed by atoms with Crippen LogP contribution in [0.15, 0.2) is 28.8 Å². The van der Waals surface area contributed by atoms with Crippen molar-refractivity contribution in [3.8, 4) is 28.6 Å². The highest BCUT2D eigenvalue weighted by atomic mass is 35.5. The zero-order valence-electron chi connectivity index (χ0n) is 20.2. The average Bonchev–Trinajstić information content (AvgIpc) is 3.33. The molecule has 0 aliphatic carbocycles. The fourth-order valence-corrected chi connectivity index (χ4v) is 3.83. The summed E-state index contributed by atoms with van der Waals surface area (Å²) in [5.41, 5.74) is 3.00. The first-order valence-electron chi connectivity index (χ1n) is 11.3. The van der Waals surface area contributed by atoms with Crippen molar-refractivity contribution in [2.75, 3.05) is 37.7 Å². The molecule has 1 aromatic carbocycles. The third-order valence-electron chi connectivity index (χ3n) is 5.29. The van der Waals surface area contributed by atoms with Gasteiger partial charge in [-0.1, -0.05) is 16.8 Å². The van der Waals surface area contributed by atoms with Gasteiger partial charge in [-0.3, -0.25) is 4.79 Å². The first kappa shape index (κ1) is 26.4. The molecule has 0 unspecified atom stereocenters. The number of aromatic nitrogens is 3. The van der Waals surface area contributed by atoms with Gasteiger partial charge in [0.25, 0.3) is 5.89 Å². The number of halogens is 1. The summed E-state index contributed by atoms with van der Waals surface area (Å²) >= 11 is 6.44. The van der Waals surface area contributed by atoms with E-state index < -0.39 is 18.6 Å². The van der Waals surface area contributed by atoms with E-state index in [2.05, 4.69) is 39.2 Å². The van der Waals surface area contributed by atoms with E-state index in [1.54, 1.807) is 6.07 Å². The smallest absolute Gasteiger partial charge is 0.258 e. The van der Waals surface area contributed by atoms with Crippen LogP contribution in [0, 0.1) is 13.8 Å². The van der Waals surface area contributed by atoms with Gasteiger partial charge < -0.3 is 29.7 Å². The summed E-state index contributed by atoms with van der Waals surface area (Å²) in [6, 6.07) is 7.31. The fourth-order valence-electron chi connectivity index (χ4n) is 3.51. The van der Waals surface area contributed by atoms with Crippen LogP contribution in [0.3, 0.4) is 0 Å². The zero-order valence-corrected chi connectivity index (χ0v) is 21.0. The standard InChI is InChI=1S/C24H30ClN5O5/c1-5-30(6-2)20-10-17(8-15(4)27-20)24-28-23(29-35-24)16-7-14(3)22(19(25)9-16)34-13-18(32)11-26-21(33)12-31/h7-10,18,31-32H,5-6,11-13H2,1-4H3,(H,26,33)/t18-/m0/s1. The number of aryl methyl sites for hydroxylation is 2. The summed E-state index contributed by atoms with van der Waals surface area (Å²) in [5.74, 6) is 1.43. The predicted molar refractivity (Wildman–Crippen MR) is 133 cm³/mol. The van der Waals surface area contributed by atoms with Gasteiger partial charge in [-0.2, -0.15) is 4.98 Å². The van der Waals surface area contributed by atoms with Gasteiger partial charge in [-0.15, -0.1) is 0 Å². The van der Waals surface area contributed by atoms with Crippen LogP contribution < -0.4 is 15.0 Å². The molecule has 35 heavy (non-hydrogen) atoms. The number of anilines is 1. The minimum Gasteiger partial charge on any atom is -0.489 e. The Morgan fingerprint density at radius 2 is 1.91 bits per heavy atom. The molecule has 2 heterocycles. The van der Waals surface area contributed by atoms with Gasteiger partial charge in [0.1, 0.15) is 30.9 Å². The van der Waals surface area contributed by atoms with Crippen molar-refractivity contribution in [1.29, 1.82) is 0 Å². The fraction of sp³-hybridized carbons (Fsp3) is 0.417. The molecule has 0 radical (unpaired) electrons. The lowest BCUT2D eigenvalue weighted by Crippen LogP contribution is -2.36. The Morgan fingerprint density at radius 3 is 2.57 bits per heavy atom. The number of pyridine rings is 1. The molecule has 1 atom stereocenters. The van der Waals surface area contributed by atoms with E-state index in [0.717, 1.165) is 30.2 Å². The summed E-state index contributed by atoms with van der Waals surface area (Å²) in [6.07, 6.45) is -0.967. The maximum absolute atomic E-state index is 11.1. The highest BCUT2D eigenvalue weighted by molar-refractivity contribution is 6.32. The molecular formula is C24H30ClN5O5. The number of carbonyl (C=O) groups excluding carboxylic acids is 1. The Morgan fingerprint density at radius 1 is 1.17 bits per heavy atom. The summed E-state index contributed by atoms with van der Waals surface area (Å²) < 4.78 is 11.2. The van der Waals surface area contributed by atoms with E-state index in [1.807, 2.05) is 32.0 Å². The van der Waals surface area contributed by atoms with Crippen molar-refractivity contribution in [1.82, 2.24) is 20.4 Å². The van der Waals surface area contributed by atoms with Gasteiger partial charge >= 0.3 is 0 Å². The molecule has 188 valence electrons. The van der Waals surface area contributed by atoms with E-state index in [-0.39, 0.29) is 13.2 Å². The van der Waals surface area contributed by atoms with Crippen LogP contribution in [-0.4, -0.2) is 70.2 Å². The molecular weight excluding hydrogens is 474 g/mol. The van der Waals surface area contributed by atoms with Crippen molar-refractivity contribution >= 4 is 23.3 Å². The largest absolute Gasteiger partial charge is 0.489 e. The number of ether oxygens (including phenoxy) is 1. The number of nitrogens with one attached hydrogen (secondary N) is 1. The van der Waals surface area contributed by atoms with Gasteiger partial charge in [-0.25, -0.2) is 4.98 Å². The predicted octanol–water partition coefficient (Wildman–Crippen LogP) is 2.76. The van der Waals surface area contributed by atoms with Crippen molar-refractivity contribution in [2.24, 2.45) is 0 Å². The Bertz CT molecular complexity index is 1140. The van der Waals surface area contributed by atoms with E-state index in [4.69, 9.17) is 26.0 Å². The Labute approximate surface area is 208 Å². The number of aliphatic hydroxyl groups excluding tert-OH is 2. The van der Waals surface area contributed by atoms with Crippen molar-refractivity contribution in [2.45, 2.75) is 33.8 Å². The first-order chi connectivity index (χ1) is 16.7. The number of amides is 1. The Balaban J connectivity index is 1.77. The van der Waals surface area contributed by atoms with Crippen LogP contribution >= 0.6 is 11.6 Å². The van der Waals surface area contributed by atoms with Gasteiger partial charge in [0.15, 0.2) is 0 Å². The number of carbonyl (C=O) groups is 1. The van der Waals surface area contributed by atoms with Crippen molar-refractivity contribution in [3.63, 3.8) is 0 Å². The Kier molecular flexibility index (Phi) is 9.02. The lowest BCUT2D eigenvalue weighted by Gasteiger charge is -2.20. The minimum atomic E-state index is -0.967. The molecule has 0 aliphatic rings. The van der Waals surface area contributed by atoms with E-state index in [0.29, 0.717) is 33.6 Å². The highest BCUT2D eigenvalue weighted by Gasteiger charge is 2.17. The second-order valence-corrected chi connectivity index (χ2v) is 8.39. The lowest BCUT2D eigenvalue weighted by atomic mass is 10.1. The van der Waals surface area contributed by atoms with Crippen LogP contribution in [0.4, 0.5) is 5.82 Å². The SMILES string of the molecule is CCN(CC)c1cc(-c2nc(-c3cc(C)c(OC[C@@H](O)CNC(=O)CO)c(Cl)c3)no2)cc(C)n1. The van der Waals surface area contributed by atoms with Crippen LogP contribution in [0.25, 0.3) is 22.8 Å². The quantitative estimate of drug-likeness (QED) is 0.361. The Hall–Kier alpha value is -3.21. The third-order valence-corrected chi connectivity index (χ3v) is 5.57. The molecule has 11 heteroatoms. The second-order valence-electron chi connectivity index (χ2n) is 7.98. The van der Waals surface area contributed by atoms with Gasteiger partial charge in [-0.05, 0) is 57.5 Å². The van der Waals surface area contributed by atoms with E-state index in [9.17, 15) is 9.90 Å². The van der Waals surface area contributed by atoms with E-state index in [1.165, 1.54) is 0 Å².